The van der Waals surface area contributed by atoms with Gasteiger partial charge in [0.1, 0.15) is 18.2 Å². The van der Waals surface area contributed by atoms with Crippen molar-refractivity contribution in [2.45, 2.75) is 6.61 Å². The van der Waals surface area contributed by atoms with E-state index in [1.807, 2.05) is 78.9 Å². The van der Waals surface area contributed by atoms with Gasteiger partial charge >= 0.3 is 0 Å². The summed E-state index contributed by atoms with van der Waals surface area (Å²) in [5.74, 6) is 1.45. The van der Waals surface area contributed by atoms with Crippen molar-refractivity contribution < 1.29 is 4.74 Å². The quantitative estimate of drug-likeness (QED) is 0.379. The Bertz CT molecular complexity index is 863. The molecule has 2 N–H and O–H groups in total. The molecule has 3 rings (SSSR count). The second-order valence-corrected chi connectivity index (χ2v) is 5.86. The van der Waals surface area contributed by atoms with E-state index >= 15 is 0 Å². The van der Waals surface area contributed by atoms with Gasteiger partial charge in [-0.05, 0) is 41.0 Å². The lowest BCUT2D eigenvalue weighted by Crippen LogP contribution is -2.12. The predicted molar refractivity (Wildman–Crippen MR) is 105 cm³/mol. The third kappa shape index (κ3) is 4.85. The molecule has 0 spiro atoms. The summed E-state index contributed by atoms with van der Waals surface area (Å²) in [6.45, 7) is 0.543. The maximum Gasteiger partial charge on any atom is 0.120 e. The van der Waals surface area contributed by atoms with Gasteiger partial charge in [-0.2, -0.15) is 0 Å². The molecule has 0 aromatic heterocycles. The topological polar surface area (TPSA) is 47.6 Å². The lowest BCUT2D eigenvalue weighted by molar-refractivity contribution is 0.306. The molecule has 0 fully saturated rings. The number of nitrogens with two attached hydrogens (primary N) is 1. The molecule has 4 heteroatoms. The van der Waals surface area contributed by atoms with Gasteiger partial charge in [-0.15, -0.1) is 11.6 Å². The zero-order valence-electron chi connectivity index (χ0n) is 13.7. The van der Waals surface area contributed by atoms with Crippen LogP contribution in [-0.2, 0) is 6.61 Å². The number of ether oxygens (including phenoxy) is 1. The van der Waals surface area contributed by atoms with Gasteiger partial charge < -0.3 is 10.5 Å². The van der Waals surface area contributed by atoms with Crippen LogP contribution in [0, 0.1) is 0 Å². The standard InChI is InChI=1S/C21H19ClN2O/c22-14-21(23)24-19-10-4-8-17(12-19)18-9-5-11-20(13-18)25-15-16-6-2-1-3-7-16/h1-13H,14-15H2,(H2,23,24). The van der Waals surface area contributed by atoms with Crippen molar-refractivity contribution in [3.63, 3.8) is 0 Å². The first kappa shape index (κ1) is 17.1. The number of alkyl halides is 1. The van der Waals surface area contributed by atoms with Crippen molar-refractivity contribution in [3.8, 4) is 16.9 Å². The number of hydrogen-bond acceptors (Lipinski definition) is 2. The van der Waals surface area contributed by atoms with Crippen molar-refractivity contribution in [1.29, 1.82) is 0 Å². The average Bonchev–Trinajstić information content (AvgIpc) is 2.67. The molecule has 3 aromatic rings. The van der Waals surface area contributed by atoms with Crippen molar-refractivity contribution in [3.05, 3.63) is 84.4 Å². The number of benzene rings is 3. The summed E-state index contributed by atoms with van der Waals surface area (Å²) < 4.78 is 5.90. The molecule has 25 heavy (non-hydrogen) atoms. The molecule has 0 atom stereocenters. The van der Waals surface area contributed by atoms with Crippen molar-refractivity contribution in [2.24, 2.45) is 10.7 Å². The van der Waals surface area contributed by atoms with Gasteiger partial charge in [-0.1, -0.05) is 54.6 Å². The highest BCUT2D eigenvalue weighted by atomic mass is 35.5. The van der Waals surface area contributed by atoms with E-state index in [9.17, 15) is 0 Å². The molecule has 0 aliphatic rings. The van der Waals surface area contributed by atoms with Crippen LogP contribution >= 0.6 is 11.6 Å². The fraction of sp³-hybridized carbons (Fsp3) is 0.0952. The zero-order valence-corrected chi connectivity index (χ0v) is 14.5. The smallest absolute Gasteiger partial charge is 0.120 e. The Hall–Kier alpha value is -2.78. The first-order valence-electron chi connectivity index (χ1n) is 8.01. The Labute approximate surface area is 152 Å². The molecule has 0 amide bonds. The lowest BCUT2D eigenvalue weighted by atomic mass is 10.0. The maximum absolute atomic E-state index is 5.90. The fourth-order valence-electron chi connectivity index (χ4n) is 2.46. The summed E-state index contributed by atoms with van der Waals surface area (Å²) in [4.78, 5) is 4.29. The van der Waals surface area contributed by atoms with E-state index in [-0.39, 0.29) is 5.88 Å². The number of nitrogens with zero attached hydrogens (tertiary/aromatic N) is 1. The Balaban J connectivity index is 1.78. The normalized spacial score (nSPS) is 11.3. The van der Waals surface area contributed by atoms with Gasteiger partial charge in [-0.3, -0.25) is 0 Å². The van der Waals surface area contributed by atoms with Crippen molar-refractivity contribution in [1.82, 2.24) is 0 Å². The summed E-state index contributed by atoms with van der Waals surface area (Å²) in [7, 11) is 0. The largest absolute Gasteiger partial charge is 0.489 e. The summed E-state index contributed by atoms with van der Waals surface area (Å²) in [6.07, 6.45) is 0. The van der Waals surface area contributed by atoms with Gasteiger partial charge in [0.15, 0.2) is 0 Å². The van der Waals surface area contributed by atoms with E-state index in [1.54, 1.807) is 0 Å². The van der Waals surface area contributed by atoms with E-state index in [1.165, 1.54) is 0 Å². The van der Waals surface area contributed by atoms with E-state index in [0.29, 0.717) is 12.4 Å². The Morgan fingerprint density at radius 2 is 1.60 bits per heavy atom. The number of hydrogen-bond donors (Lipinski definition) is 1. The Morgan fingerprint density at radius 1 is 0.880 bits per heavy atom. The highest BCUT2D eigenvalue weighted by Gasteiger charge is 2.02. The average molecular weight is 351 g/mol. The van der Waals surface area contributed by atoms with Crippen LogP contribution in [0.4, 0.5) is 5.69 Å². The molecule has 0 aliphatic carbocycles. The van der Waals surface area contributed by atoms with E-state index in [4.69, 9.17) is 22.1 Å². The van der Waals surface area contributed by atoms with Crippen LogP contribution < -0.4 is 10.5 Å². The van der Waals surface area contributed by atoms with Gasteiger partial charge in [0.05, 0.1) is 11.6 Å². The number of amidine groups is 1. The molecular weight excluding hydrogens is 332 g/mol. The maximum atomic E-state index is 5.90. The molecule has 0 saturated carbocycles. The third-order valence-electron chi connectivity index (χ3n) is 3.67. The third-order valence-corrected chi connectivity index (χ3v) is 3.95. The summed E-state index contributed by atoms with van der Waals surface area (Å²) >= 11 is 5.69. The van der Waals surface area contributed by atoms with Gasteiger partial charge in [0.25, 0.3) is 0 Å². The lowest BCUT2D eigenvalue weighted by Gasteiger charge is -2.09. The molecule has 126 valence electrons. The second-order valence-electron chi connectivity index (χ2n) is 5.59. The summed E-state index contributed by atoms with van der Waals surface area (Å²) in [6, 6.07) is 26.0. The van der Waals surface area contributed by atoms with Crippen LogP contribution in [0.3, 0.4) is 0 Å². The van der Waals surface area contributed by atoms with E-state index < -0.39 is 0 Å². The molecule has 3 aromatic carbocycles. The van der Waals surface area contributed by atoms with Crippen LogP contribution in [0.5, 0.6) is 5.75 Å². The first-order valence-corrected chi connectivity index (χ1v) is 8.54. The van der Waals surface area contributed by atoms with Crippen molar-refractivity contribution >= 4 is 23.1 Å². The minimum Gasteiger partial charge on any atom is -0.489 e. The van der Waals surface area contributed by atoms with Gasteiger partial charge in [0, 0.05) is 0 Å². The highest BCUT2D eigenvalue weighted by molar-refractivity contribution is 6.28. The van der Waals surface area contributed by atoms with E-state index in [0.717, 1.165) is 28.1 Å². The summed E-state index contributed by atoms with van der Waals surface area (Å²) in [5, 5.41) is 0. The monoisotopic (exact) mass is 350 g/mol. The summed E-state index contributed by atoms with van der Waals surface area (Å²) in [5.41, 5.74) is 9.75. The molecule has 0 bridgehead atoms. The van der Waals surface area contributed by atoms with Crippen LogP contribution in [0.1, 0.15) is 5.56 Å². The van der Waals surface area contributed by atoms with Gasteiger partial charge in [0.2, 0.25) is 0 Å². The molecule has 3 nitrogen and oxygen atoms in total. The minimum atomic E-state index is 0.215. The Morgan fingerprint density at radius 3 is 2.36 bits per heavy atom. The van der Waals surface area contributed by atoms with Crippen LogP contribution in [0.15, 0.2) is 83.9 Å². The Kier molecular flexibility index (Phi) is 5.70. The molecular formula is C21H19ClN2O. The number of aliphatic imine (C=N–C) groups is 1. The second kappa shape index (κ2) is 8.36. The minimum absolute atomic E-state index is 0.215. The van der Waals surface area contributed by atoms with Crippen LogP contribution in [0.2, 0.25) is 0 Å². The predicted octanol–water partition coefficient (Wildman–Crippen LogP) is 5.16. The number of halogens is 1. The van der Waals surface area contributed by atoms with Crippen LogP contribution in [0.25, 0.3) is 11.1 Å². The SMILES string of the molecule is NC(CCl)=Nc1cccc(-c2cccc(OCc3ccccc3)c2)c1. The molecule has 0 heterocycles. The molecule has 0 saturated heterocycles. The molecule has 0 radical (unpaired) electrons. The fourth-order valence-corrected chi connectivity index (χ4v) is 2.52. The number of rotatable bonds is 6. The first-order chi connectivity index (χ1) is 12.2. The molecule has 0 unspecified atom stereocenters. The van der Waals surface area contributed by atoms with E-state index in [2.05, 4.69) is 4.99 Å². The van der Waals surface area contributed by atoms with Crippen LogP contribution in [-0.4, -0.2) is 11.7 Å². The highest BCUT2D eigenvalue weighted by Crippen LogP contribution is 2.27. The molecule has 0 aliphatic heterocycles. The van der Waals surface area contributed by atoms with Crippen molar-refractivity contribution in [2.75, 3.05) is 5.88 Å². The zero-order chi connectivity index (χ0) is 17.5. The van der Waals surface area contributed by atoms with Gasteiger partial charge in [-0.25, -0.2) is 4.99 Å².